The Morgan fingerprint density at radius 2 is 1.39 bits per heavy atom. The molecule has 0 aliphatic rings. The lowest BCUT2D eigenvalue weighted by atomic mass is 9.78. The van der Waals surface area contributed by atoms with Gasteiger partial charge in [0.25, 0.3) is 0 Å². The van der Waals surface area contributed by atoms with Gasteiger partial charge in [-0.2, -0.15) is 0 Å². The van der Waals surface area contributed by atoms with E-state index in [4.69, 9.17) is 5.41 Å². The number of fused-ring (bicyclic) bond motifs is 1. The molecule has 5 nitrogen and oxygen atoms in total. The predicted octanol–water partition coefficient (Wildman–Crippen LogP) is 7.51. The molecule has 198 valence electrons. The first kappa shape index (κ1) is 29.9. The number of rotatable bonds is 8. The third-order valence-electron chi connectivity index (χ3n) is 7.24. The van der Waals surface area contributed by atoms with Gasteiger partial charge in [0, 0.05) is 23.2 Å². The zero-order chi connectivity index (χ0) is 26.1. The highest BCUT2D eigenvalue weighted by Crippen LogP contribution is 2.40. The second kappa shape index (κ2) is 11.4. The van der Waals surface area contributed by atoms with Crippen LogP contribution in [0.5, 0.6) is 5.75 Å². The van der Waals surface area contributed by atoms with Crippen LogP contribution in [0.3, 0.4) is 0 Å². The Labute approximate surface area is 226 Å². The molecule has 0 radical (unpaired) electrons. The van der Waals surface area contributed by atoms with Crippen LogP contribution in [0.25, 0.3) is 11.0 Å². The van der Waals surface area contributed by atoms with Crippen molar-refractivity contribution in [3.8, 4) is 5.75 Å². The Hall–Kier alpha value is -2.34. The van der Waals surface area contributed by atoms with Crippen molar-refractivity contribution in [2.45, 2.75) is 98.6 Å². The molecule has 0 aliphatic heterocycles. The van der Waals surface area contributed by atoms with E-state index >= 15 is 0 Å². The Morgan fingerprint density at radius 3 is 1.83 bits per heavy atom. The van der Waals surface area contributed by atoms with E-state index in [1.807, 2.05) is 87.1 Å². The SMILES string of the molecule is Br.CCC(CC)CCn1c(=N)n(CC(=O)c2cc(C(C)(C)C)c(O)c(C(C)(C)C)c2)c2ccccc21. The molecule has 0 unspecified atom stereocenters. The fraction of sp³-hybridized carbons (Fsp3) is 0.533. The molecule has 0 saturated carbocycles. The van der Waals surface area contributed by atoms with E-state index in [-0.39, 0.29) is 45.9 Å². The third kappa shape index (κ3) is 6.13. The van der Waals surface area contributed by atoms with Crippen LogP contribution in [0, 0.1) is 11.3 Å². The predicted molar refractivity (Wildman–Crippen MR) is 155 cm³/mol. The number of halogens is 1. The minimum absolute atomic E-state index is 0. The average Bonchev–Trinajstić information content (AvgIpc) is 3.04. The number of imidazole rings is 1. The number of aryl methyl sites for hydroxylation is 1. The number of hydrogen-bond acceptors (Lipinski definition) is 3. The van der Waals surface area contributed by atoms with E-state index in [1.54, 1.807) is 0 Å². The minimum atomic E-state index is -0.306. The van der Waals surface area contributed by atoms with Crippen molar-refractivity contribution in [1.82, 2.24) is 9.13 Å². The second-order valence-electron chi connectivity index (χ2n) is 11.9. The van der Waals surface area contributed by atoms with Crippen molar-refractivity contribution in [2.75, 3.05) is 0 Å². The van der Waals surface area contributed by atoms with Crippen molar-refractivity contribution >= 4 is 33.8 Å². The monoisotopic (exact) mass is 557 g/mol. The summed E-state index contributed by atoms with van der Waals surface area (Å²) in [6, 6.07) is 11.7. The highest BCUT2D eigenvalue weighted by Gasteiger charge is 2.28. The molecule has 3 rings (SSSR count). The summed E-state index contributed by atoms with van der Waals surface area (Å²) in [5.41, 5.74) is 3.77. The lowest BCUT2D eigenvalue weighted by Gasteiger charge is -2.28. The summed E-state index contributed by atoms with van der Waals surface area (Å²) < 4.78 is 3.86. The van der Waals surface area contributed by atoms with Crippen LogP contribution in [-0.4, -0.2) is 20.0 Å². The molecule has 2 aromatic carbocycles. The molecular weight excluding hydrogens is 514 g/mol. The maximum absolute atomic E-state index is 13.7. The fourth-order valence-electron chi connectivity index (χ4n) is 4.86. The number of nitrogens with zero attached hydrogens (tertiary/aromatic N) is 2. The first-order valence-corrected chi connectivity index (χ1v) is 12.9. The molecule has 1 heterocycles. The number of carbonyl (C=O) groups excluding carboxylic acids is 1. The summed E-state index contributed by atoms with van der Waals surface area (Å²) in [4.78, 5) is 13.7. The fourth-order valence-corrected chi connectivity index (χ4v) is 4.86. The van der Waals surface area contributed by atoms with Crippen LogP contribution < -0.4 is 5.62 Å². The Morgan fingerprint density at radius 1 is 0.917 bits per heavy atom. The molecule has 2 N–H and O–H groups in total. The Balaban J connectivity index is 0.00000456. The van der Waals surface area contributed by atoms with Gasteiger partial charge in [0.15, 0.2) is 5.78 Å². The highest BCUT2D eigenvalue weighted by molar-refractivity contribution is 8.93. The number of Topliss-reactive ketones (excluding diaryl/α,β-unsaturated/α-hetero) is 1. The van der Waals surface area contributed by atoms with E-state index in [9.17, 15) is 9.90 Å². The summed E-state index contributed by atoms with van der Waals surface area (Å²) in [5.74, 6) is 0.852. The molecular formula is C30H44BrN3O2. The number of phenolic OH excluding ortho intramolecular Hbond substituents is 1. The second-order valence-corrected chi connectivity index (χ2v) is 11.9. The lowest BCUT2D eigenvalue weighted by Crippen LogP contribution is -2.28. The van der Waals surface area contributed by atoms with E-state index in [0.29, 0.717) is 17.1 Å². The number of hydrogen-bond donors (Lipinski definition) is 2. The van der Waals surface area contributed by atoms with E-state index in [1.165, 1.54) is 0 Å². The van der Waals surface area contributed by atoms with Gasteiger partial charge < -0.3 is 14.2 Å². The lowest BCUT2D eigenvalue weighted by molar-refractivity contribution is 0.0971. The number of carbonyl (C=O) groups is 1. The summed E-state index contributed by atoms with van der Waals surface area (Å²) in [6.45, 7) is 17.6. The van der Waals surface area contributed by atoms with Crippen LogP contribution >= 0.6 is 17.0 Å². The van der Waals surface area contributed by atoms with Crippen molar-refractivity contribution in [1.29, 1.82) is 5.41 Å². The average molecular weight is 559 g/mol. The summed E-state index contributed by atoms with van der Waals surface area (Å²) >= 11 is 0. The van der Waals surface area contributed by atoms with E-state index in [0.717, 1.165) is 48.0 Å². The van der Waals surface area contributed by atoms with Crippen LogP contribution in [0.4, 0.5) is 0 Å². The van der Waals surface area contributed by atoms with Crippen molar-refractivity contribution in [2.24, 2.45) is 5.92 Å². The van der Waals surface area contributed by atoms with Gasteiger partial charge in [0.1, 0.15) is 5.75 Å². The van der Waals surface area contributed by atoms with Crippen LogP contribution in [-0.2, 0) is 23.9 Å². The number of nitrogens with one attached hydrogen (secondary N) is 1. The molecule has 0 fully saturated rings. The van der Waals surface area contributed by atoms with Gasteiger partial charge in [-0.1, -0.05) is 80.4 Å². The zero-order valence-corrected chi connectivity index (χ0v) is 24.9. The summed E-state index contributed by atoms with van der Waals surface area (Å²) in [6.07, 6.45) is 3.29. The number of ketones is 1. The molecule has 0 saturated heterocycles. The Kier molecular flexibility index (Phi) is 9.44. The van der Waals surface area contributed by atoms with Gasteiger partial charge in [-0.05, 0) is 47.4 Å². The van der Waals surface area contributed by atoms with Crippen LogP contribution in [0.15, 0.2) is 36.4 Å². The third-order valence-corrected chi connectivity index (χ3v) is 7.24. The first-order chi connectivity index (χ1) is 16.3. The molecule has 0 bridgehead atoms. The number of para-hydroxylation sites is 2. The molecule has 0 atom stereocenters. The summed E-state index contributed by atoms with van der Waals surface area (Å²) in [5, 5.41) is 20.0. The standard InChI is InChI=1S/C30H43N3O2.BrH/c1-9-20(10-2)15-16-32-24-13-11-12-14-25(24)33(28(32)31)19-26(34)21-17-22(29(3,4)5)27(35)23(18-21)30(6,7)8;/h11-14,17-18,20,31,35H,9-10,15-16,19H2,1-8H3;1H. The van der Waals surface area contributed by atoms with Crippen LogP contribution in [0.2, 0.25) is 0 Å². The molecule has 0 aliphatic carbocycles. The minimum Gasteiger partial charge on any atom is -0.507 e. The van der Waals surface area contributed by atoms with Gasteiger partial charge in [-0.15, -0.1) is 17.0 Å². The van der Waals surface area contributed by atoms with Gasteiger partial charge in [0.2, 0.25) is 5.62 Å². The van der Waals surface area contributed by atoms with Crippen LogP contribution in [0.1, 0.15) is 96.1 Å². The Bertz CT molecular complexity index is 1230. The first-order valence-electron chi connectivity index (χ1n) is 12.9. The summed E-state index contributed by atoms with van der Waals surface area (Å²) in [7, 11) is 0. The largest absolute Gasteiger partial charge is 0.507 e. The number of aromatic nitrogens is 2. The molecule has 0 spiro atoms. The number of aromatic hydroxyl groups is 1. The maximum atomic E-state index is 13.7. The molecule has 3 aromatic rings. The smallest absolute Gasteiger partial charge is 0.203 e. The van der Waals surface area contributed by atoms with Crippen molar-refractivity contribution in [3.63, 3.8) is 0 Å². The van der Waals surface area contributed by atoms with Crippen molar-refractivity contribution in [3.05, 3.63) is 58.7 Å². The van der Waals surface area contributed by atoms with Gasteiger partial charge in [0.05, 0.1) is 17.6 Å². The maximum Gasteiger partial charge on any atom is 0.203 e. The van der Waals surface area contributed by atoms with E-state index in [2.05, 4.69) is 13.8 Å². The van der Waals surface area contributed by atoms with Gasteiger partial charge >= 0.3 is 0 Å². The number of phenols is 1. The molecule has 0 amide bonds. The molecule has 1 aromatic heterocycles. The zero-order valence-electron chi connectivity index (χ0n) is 23.2. The highest BCUT2D eigenvalue weighted by atomic mass is 79.9. The molecule has 36 heavy (non-hydrogen) atoms. The van der Waals surface area contributed by atoms with Gasteiger partial charge in [-0.25, -0.2) is 0 Å². The molecule has 6 heteroatoms. The number of benzene rings is 2. The van der Waals surface area contributed by atoms with Gasteiger partial charge in [-0.3, -0.25) is 10.2 Å². The van der Waals surface area contributed by atoms with E-state index < -0.39 is 0 Å². The normalized spacial score (nSPS) is 12.2. The van der Waals surface area contributed by atoms with Crippen molar-refractivity contribution < 1.29 is 9.90 Å². The topological polar surface area (TPSA) is 71.0 Å². The quantitative estimate of drug-likeness (QED) is 0.281.